The van der Waals surface area contributed by atoms with Crippen LogP contribution < -0.4 is 10.2 Å². The van der Waals surface area contributed by atoms with Gasteiger partial charge in [0.2, 0.25) is 11.8 Å². The number of aromatic nitrogens is 1. The smallest absolute Gasteiger partial charge is 0.245 e. The summed E-state index contributed by atoms with van der Waals surface area (Å²) in [5.41, 5.74) is 1.07. The fraction of sp³-hybridized carbons (Fsp3) is 0.526. The normalized spacial score (nSPS) is 16.8. The van der Waals surface area contributed by atoms with Crippen LogP contribution in [0.5, 0.6) is 0 Å². The Kier molecular flexibility index (Phi) is 5.88. The van der Waals surface area contributed by atoms with E-state index in [9.17, 15) is 9.59 Å². The number of hydrogen-bond acceptors (Lipinski definition) is 4. The van der Waals surface area contributed by atoms with E-state index in [4.69, 9.17) is 4.98 Å². The van der Waals surface area contributed by atoms with Gasteiger partial charge in [-0.3, -0.25) is 9.59 Å². The van der Waals surface area contributed by atoms with E-state index in [0.717, 1.165) is 43.2 Å². The van der Waals surface area contributed by atoms with Gasteiger partial charge in [-0.15, -0.1) is 11.3 Å². The van der Waals surface area contributed by atoms with Crippen molar-refractivity contribution >= 4 is 33.4 Å². The fourth-order valence-electron chi connectivity index (χ4n) is 3.36. The Hall–Kier alpha value is -1.99. The van der Waals surface area contributed by atoms with E-state index in [-0.39, 0.29) is 17.7 Å². The van der Waals surface area contributed by atoms with Gasteiger partial charge in [-0.05, 0) is 18.1 Å². The summed E-state index contributed by atoms with van der Waals surface area (Å²) in [5.74, 6) is -0.0362. The average Bonchev–Trinajstić information content (AvgIpc) is 3.01. The number of nitrogens with zero attached hydrogens (tertiary/aromatic N) is 2. The quantitative estimate of drug-likeness (QED) is 0.808. The van der Waals surface area contributed by atoms with E-state index in [1.54, 1.807) is 11.3 Å². The Labute approximate surface area is 158 Å². The predicted molar refractivity (Wildman–Crippen MR) is 103 cm³/mol. The van der Waals surface area contributed by atoms with Gasteiger partial charge >= 0.3 is 0 Å². The number of quaternary nitrogens is 1. The standard InChI is InChI=1S/C19H26N4O2S/c1-13(2)18(20-14(3)24)19(25)23-10-8-22(9-11-23)12-17-21-15-6-4-5-7-16(15)26-17/h4-7,13,18H,8-12H2,1-3H3,(H,20,24)/p+1/t18-/m0/s1. The zero-order valence-electron chi connectivity index (χ0n) is 15.6. The molecule has 2 heterocycles. The van der Waals surface area contributed by atoms with Crippen LogP contribution >= 0.6 is 11.3 Å². The molecular formula is C19H27N4O2S+. The molecule has 1 aliphatic rings. The zero-order valence-corrected chi connectivity index (χ0v) is 16.4. The van der Waals surface area contributed by atoms with Crippen LogP contribution in [-0.4, -0.2) is 53.9 Å². The summed E-state index contributed by atoms with van der Waals surface area (Å²) in [6, 6.07) is 7.79. The first-order chi connectivity index (χ1) is 12.4. The first-order valence-electron chi connectivity index (χ1n) is 9.18. The maximum atomic E-state index is 12.7. The van der Waals surface area contributed by atoms with Crippen LogP contribution in [-0.2, 0) is 16.1 Å². The SMILES string of the molecule is CC(=O)N[C@H](C(=O)N1CC[NH+](Cc2nc3ccccc3s2)CC1)C(C)C. The molecule has 1 aliphatic heterocycles. The number of para-hydroxylation sites is 1. The highest BCUT2D eigenvalue weighted by Gasteiger charge is 2.31. The van der Waals surface area contributed by atoms with Crippen molar-refractivity contribution in [2.45, 2.75) is 33.4 Å². The summed E-state index contributed by atoms with van der Waals surface area (Å²) < 4.78 is 1.23. The molecule has 26 heavy (non-hydrogen) atoms. The molecule has 7 heteroatoms. The molecular weight excluding hydrogens is 348 g/mol. The Morgan fingerprint density at radius 3 is 2.58 bits per heavy atom. The van der Waals surface area contributed by atoms with Gasteiger partial charge < -0.3 is 15.1 Å². The molecule has 2 amide bonds. The maximum absolute atomic E-state index is 12.7. The zero-order chi connectivity index (χ0) is 18.7. The number of benzene rings is 1. The van der Waals surface area contributed by atoms with Crippen molar-refractivity contribution < 1.29 is 14.5 Å². The van der Waals surface area contributed by atoms with Crippen LogP contribution in [0, 0.1) is 5.92 Å². The van der Waals surface area contributed by atoms with Crippen molar-refractivity contribution in [1.82, 2.24) is 15.2 Å². The van der Waals surface area contributed by atoms with Crippen LogP contribution in [0.3, 0.4) is 0 Å². The molecule has 1 aromatic carbocycles. The van der Waals surface area contributed by atoms with Gasteiger partial charge in [0.1, 0.15) is 17.6 Å². The molecule has 2 N–H and O–H groups in total. The van der Waals surface area contributed by atoms with Crippen molar-refractivity contribution in [2.75, 3.05) is 26.2 Å². The number of piperazine rings is 1. The largest absolute Gasteiger partial charge is 0.344 e. The summed E-state index contributed by atoms with van der Waals surface area (Å²) in [4.78, 5) is 32.2. The number of nitrogens with one attached hydrogen (secondary N) is 2. The molecule has 1 saturated heterocycles. The molecule has 1 fully saturated rings. The minimum atomic E-state index is -0.432. The predicted octanol–water partition coefficient (Wildman–Crippen LogP) is 0.684. The highest BCUT2D eigenvalue weighted by molar-refractivity contribution is 7.18. The van der Waals surface area contributed by atoms with Gasteiger partial charge in [-0.25, -0.2) is 4.98 Å². The Balaban J connectivity index is 1.56. The lowest BCUT2D eigenvalue weighted by molar-refractivity contribution is -0.917. The molecule has 6 nitrogen and oxygen atoms in total. The van der Waals surface area contributed by atoms with Crippen molar-refractivity contribution in [3.8, 4) is 0 Å². The van der Waals surface area contributed by atoms with E-state index < -0.39 is 6.04 Å². The lowest BCUT2D eigenvalue weighted by Gasteiger charge is -2.35. The topological polar surface area (TPSA) is 66.7 Å². The van der Waals surface area contributed by atoms with Crippen LogP contribution in [0.25, 0.3) is 10.2 Å². The number of amides is 2. The lowest BCUT2D eigenvalue weighted by Crippen LogP contribution is -3.13. The summed E-state index contributed by atoms with van der Waals surface area (Å²) in [6.07, 6.45) is 0. The molecule has 0 spiro atoms. The van der Waals surface area contributed by atoms with Gasteiger partial charge in [0.05, 0.1) is 36.4 Å². The summed E-state index contributed by atoms with van der Waals surface area (Å²) in [7, 11) is 0. The average molecular weight is 376 g/mol. The third-order valence-electron chi connectivity index (χ3n) is 4.81. The van der Waals surface area contributed by atoms with E-state index >= 15 is 0 Å². The van der Waals surface area contributed by atoms with Crippen molar-refractivity contribution in [1.29, 1.82) is 0 Å². The van der Waals surface area contributed by atoms with Gasteiger partial charge in [-0.1, -0.05) is 26.0 Å². The summed E-state index contributed by atoms with van der Waals surface area (Å²) >= 11 is 1.75. The molecule has 0 saturated carbocycles. The first kappa shape index (κ1) is 18.8. The second-order valence-corrected chi connectivity index (χ2v) is 8.36. The molecule has 2 aromatic rings. The first-order valence-corrected chi connectivity index (χ1v) is 9.99. The fourth-order valence-corrected chi connectivity index (χ4v) is 4.40. The second-order valence-electron chi connectivity index (χ2n) is 7.25. The van der Waals surface area contributed by atoms with Gasteiger partial charge in [0, 0.05) is 6.92 Å². The van der Waals surface area contributed by atoms with Crippen LogP contribution in [0.15, 0.2) is 24.3 Å². The third-order valence-corrected chi connectivity index (χ3v) is 5.85. The van der Waals surface area contributed by atoms with E-state index in [2.05, 4.69) is 17.4 Å². The van der Waals surface area contributed by atoms with Crippen LogP contribution in [0.1, 0.15) is 25.8 Å². The van der Waals surface area contributed by atoms with Crippen LogP contribution in [0.4, 0.5) is 0 Å². The molecule has 1 atom stereocenters. The third kappa shape index (κ3) is 4.40. The summed E-state index contributed by atoms with van der Waals surface area (Å²) in [5, 5.41) is 3.95. The Bertz CT molecular complexity index is 748. The van der Waals surface area contributed by atoms with Gasteiger partial charge in [-0.2, -0.15) is 0 Å². The number of thiazole rings is 1. The van der Waals surface area contributed by atoms with Crippen molar-refractivity contribution in [3.05, 3.63) is 29.3 Å². The Morgan fingerprint density at radius 2 is 1.96 bits per heavy atom. The highest BCUT2D eigenvalue weighted by Crippen LogP contribution is 2.20. The van der Waals surface area contributed by atoms with Gasteiger partial charge in [0.15, 0.2) is 0 Å². The minimum Gasteiger partial charge on any atom is -0.344 e. The summed E-state index contributed by atoms with van der Waals surface area (Å²) in [6.45, 7) is 9.56. The molecule has 140 valence electrons. The van der Waals surface area contributed by atoms with Crippen LogP contribution in [0.2, 0.25) is 0 Å². The molecule has 3 rings (SSSR count). The van der Waals surface area contributed by atoms with E-state index in [1.165, 1.54) is 16.5 Å². The van der Waals surface area contributed by atoms with Gasteiger partial charge in [0.25, 0.3) is 0 Å². The molecule has 0 aliphatic carbocycles. The monoisotopic (exact) mass is 375 g/mol. The second kappa shape index (κ2) is 8.14. The highest BCUT2D eigenvalue weighted by atomic mass is 32.1. The molecule has 0 bridgehead atoms. The molecule has 0 unspecified atom stereocenters. The molecule has 1 aromatic heterocycles. The number of carbonyl (C=O) groups excluding carboxylic acids is 2. The van der Waals surface area contributed by atoms with E-state index in [1.807, 2.05) is 30.9 Å². The number of carbonyl (C=O) groups is 2. The van der Waals surface area contributed by atoms with E-state index in [0.29, 0.717) is 0 Å². The minimum absolute atomic E-state index is 0.0363. The van der Waals surface area contributed by atoms with Crippen molar-refractivity contribution in [3.63, 3.8) is 0 Å². The Morgan fingerprint density at radius 1 is 1.27 bits per heavy atom. The molecule has 0 radical (unpaired) electrons. The number of fused-ring (bicyclic) bond motifs is 1. The number of hydrogen-bond donors (Lipinski definition) is 2. The maximum Gasteiger partial charge on any atom is 0.245 e. The van der Waals surface area contributed by atoms with Crippen molar-refractivity contribution in [2.24, 2.45) is 5.92 Å². The number of rotatable bonds is 5. The lowest BCUT2D eigenvalue weighted by atomic mass is 10.0.